The first-order valence-corrected chi connectivity index (χ1v) is 10.4. The second kappa shape index (κ2) is 8.02. The van der Waals surface area contributed by atoms with Crippen LogP contribution in [0.25, 0.3) is 11.1 Å². The summed E-state index contributed by atoms with van der Waals surface area (Å²) < 4.78 is 0. The van der Waals surface area contributed by atoms with Gasteiger partial charge in [-0.1, -0.05) is 69.3 Å². The third-order valence-corrected chi connectivity index (χ3v) is 6.15. The Morgan fingerprint density at radius 1 is 0.966 bits per heavy atom. The third kappa shape index (κ3) is 4.36. The number of hydrogen-bond acceptors (Lipinski definition) is 2. The highest BCUT2D eigenvalue weighted by Crippen LogP contribution is 2.39. The lowest BCUT2D eigenvalue weighted by Gasteiger charge is -2.42. The number of nitrogens with zero attached hydrogens (tertiary/aromatic N) is 1. The molecule has 29 heavy (non-hydrogen) atoms. The molecule has 1 heterocycles. The molecule has 1 saturated heterocycles. The Labute approximate surface area is 174 Å². The van der Waals surface area contributed by atoms with Gasteiger partial charge in [0, 0.05) is 18.5 Å². The average molecular weight is 393 g/mol. The van der Waals surface area contributed by atoms with Crippen molar-refractivity contribution in [2.75, 3.05) is 13.1 Å². The summed E-state index contributed by atoms with van der Waals surface area (Å²) in [7, 11) is 0. The first kappa shape index (κ1) is 21.1. The van der Waals surface area contributed by atoms with Crippen molar-refractivity contribution in [2.24, 2.45) is 16.6 Å². The first-order valence-electron chi connectivity index (χ1n) is 10.4. The SMILES string of the molecule is Cc1ccccc1-c1ccccc1CC1(C(N)=O)CCN(C(=O)C(C)(C)C)CC1. The molecule has 0 atom stereocenters. The van der Waals surface area contributed by atoms with Crippen LogP contribution >= 0.6 is 0 Å². The molecule has 2 N–H and O–H groups in total. The highest BCUT2D eigenvalue weighted by molar-refractivity contribution is 5.84. The molecule has 2 amide bonds. The van der Waals surface area contributed by atoms with Crippen LogP contribution in [0.5, 0.6) is 0 Å². The number of primary amides is 1. The number of nitrogens with two attached hydrogens (primary N) is 1. The Morgan fingerprint density at radius 2 is 1.52 bits per heavy atom. The van der Waals surface area contributed by atoms with Gasteiger partial charge >= 0.3 is 0 Å². The molecule has 154 valence electrons. The van der Waals surface area contributed by atoms with Crippen LogP contribution in [0, 0.1) is 17.8 Å². The molecular weight excluding hydrogens is 360 g/mol. The number of hydrogen-bond donors (Lipinski definition) is 1. The smallest absolute Gasteiger partial charge is 0.227 e. The van der Waals surface area contributed by atoms with Crippen LogP contribution in [0.15, 0.2) is 48.5 Å². The minimum atomic E-state index is -0.618. The van der Waals surface area contributed by atoms with Crippen molar-refractivity contribution in [3.8, 4) is 11.1 Å². The molecule has 0 unspecified atom stereocenters. The largest absolute Gasteiger partial charge is 0.369 e. The Bertz CT molecular complexity index is 903. The van der Waals surface area contributed by atoms with Gasteiger partial charge in [0.25, 0.3) is 0 Å². The van der Waals surface area contributed by atoms with E-state index in [1.54, 1.807) is 0 Å². The van der Waals surface area contributed by atoms with Gasteiger partial charge in [0.15, 0.2) is 0 Å². The van der Waals surface area contributed by atoms with Gasteiger partial charge in [0.2, 0.25) is 11.8 Å². The van der Waals surface area contributed by atoms with Crippen LogP contribution in [0.4, 0.5) is 0 Å². The van der Waals surface area contributed by atoms with Crippen molar-refractivity contribution in [2.45, 2.75) is 47.0 Å². The fraction of sp³-hybridized carbons (Fsp3) is 0.440. The van der Waals surface area contributed by atoms with E-state index in [0.29, 0.717) is 32.4 Å². The van der Waals surface area contributed by atoms with Crippen molar-refractivity contribution >= 4 is 11.8 Å². The Morgan fingerprint density at radius 3 is 2.07 bits per heavy atom. The fourth-order valence-corrected chi connectivity index (χ4v) is 4.30. The molecule has 1 aliphatic heterocycles. The van der Waals surface area contributed by atoms with Gasteiger partial charge in [-0.2, -0.15) is 0 Å². The summed E-state index contributed by atoms with van der Waals surface area (Å²) in [6.07, 6.45) is 1.81. The number of piperidine rings is 1. The van der Waals surface area contributed by atoms with Crippen molar-refractivity contribution in [3.63, 3.8) is 0 Å². The van der Waals surface area contributed by atoms with E-state index in [1.165, 1.54) is 11.1 Å². The van der Waals surface area contributed by atoms with Crippen LogP contribution in [0.1, 0.15) is 44.7 Å². The third-order valence-electron chi connectivity index (χ3n) is 6.15. The lowest BCUT2D eigenvalue weighted by molar-refractivity contribution is -0.145. The van der Waals surface area contributed by atoms with Crippen LogP contribution < -0.4 is 5.73 Å². The predicted molar refractivity (Wildman–Crippen MR) is 117 cm³/mol. The highest BCUT2D eigenvalue weighted by atomic mass is 16.2. The number of carbonyl (C=O) groups is 2. The zero-order valence-corrected chi connectivity index (χ0v) is 18.0. The summed E-state index contributed by atoms with van der Waals surface area (Å²) in [4.78, 5) is 27.1. The van der Waals surface area contributed by atoms with Gasteiger partial charge < -0.3 is 10.6 Å². The molecule has 0 aliphatic carbocycles. The van der Waals surface area contributed by atoms with E-state index in [1.807, 2.05) is 49.9 Å². The molecule has 1 fully saturated rings. The minimum absolute atomic E-state index is 0.135. The highest BCUT2D eigenvalue weighted by Gasteiger charge is 2.42. The van der Waals surface area contributed by atoms with E-state index in [2.05, 4.69) is 31.2 Å². The standard InChI is InChI=1S/C25H32N2O2/c1-18-9-5-7-11-20(18)21-12-8-6-10-19(21)17-25(22(26)28)13-15-27(16-14-25)23(29)24(2,3)4/h5-12H,13-17H2,1-4H3,(H2,26,28). The maximum absolute atomic E-state index is 12.6. The van der Waals surface area contributed by atoms with Gasteiger partial charge in [-0.05, 0) is 48.4 Å². The number of benzene rings is 2. The molecule has 1 aliphatic rings. The van der Waals surface area contributed by atoms with Gasteiger partial charge in [-0.25, -0.2) is 0 Å². The van der Waals surface area contributed by atoms with Gasteiger partial charge in [0.05, 0.1) is 5.41 Å². The van der Waals surface area contributed by atoms with E-state index in [-0.39, 0.29) is 11.8 Å². The molecule has 0 saturated carbocycles. The molecule has 2 aromatic carbocycles. The van der Waals surface area contributed by atoms with Crippen LogP contribution in [0.2, 0.25) is 0 Å². The molecular formula is C25H32N2O2. The lowest BCUT2D eigenvalue weighted by atomic mass is 9.71. The van der Waals surface area contributed by atoms with E-state index in [9.17, 15) is 9.59 Å². The molecule has 0 aromatic heterocycles. The quantitative estimate of drug-likeness (QED) is 0.841. The second-order valence-corrected chi connectivity index (χ2v) is 9.34. The van der Waals surface area contributed by atoms with Crippen molar-refractivity contribution in [1.29, 1.82) is 0 Å². The summed E-state index contributed by atoms with van der Waals surface area (Å²) in [6.45, 7) is 9.06. The molecule has 0 bridgehead atoms. The normalized spacial score (nSPS) is 16.5. The summed E-state index contributed by atoms with van der Waals surface area (Å²) in [5.74, 6) is -0.129. The minimum Gasteiger partial charge on any atom is -0.369 e. The van der Waals surface area contributed by atoms with Gasteiger partial charge in [0.1, 0.15) is 0 Å². The number of rotatable bonds is 4. The van der Waals surface area contributed by atoms with E-state index in [4.69, 9.17) is 5.73 Å². The lowest BCUT2D eigenvalue weighted by Crippen LogP contribution is -2.52. The predicted octanol–water partition coefficient (Wildman–Crippen LogP) is 4.34. The van der Waals surface area contributed by atoms with Crippen LogP contribution in [-0.2, 0) is 16.0 Å². The van der Waals surface area contributed by atoms with Crippen molar-refractivity contribution in [3.05, 3.63) is 59.7 Å². The first-order chi connectivity index (χ1) is 13.6. The molecule has 0 radical (unpaired) electrons. The van der Waals surface area contributed by atoms with E-state index in [0.717, 1.165) is 11.1 Å². The summed E-state index contributed by atoms with van der Waals surface area (Å²) in [5, 5.41) is 0. The van der Waals surface area contributed by atoms with E-state index >= 15 is 0 Å². The van der Waals surface area contributed by atoms with Gasteiger partial charge in [-0.3, -0.25) is 9.59 Å². The number of aryl methyl sites for hydroxylation is 1. The van der Waals surface area contributed by atoms with E-state index < -0.39 is 10.8 Å². The van der Waals surface area contributed by atoms with Crippen molar-refractivity contribution in [1.82, 2.24) is 4.90 Å². The van der Waals surface area contributed by atoms with Gasteiger partial charge in [-0.15, -0.1) is 0 Å². The maximum atomic E-state index is 12.6. The number of carbonyl (C=O) groups excluding carboxylic acids is 2. The number of amides is 2. The number of likely N-dealkylation sites (tertiary alicyclic amines) is 1. The summed E-state index contributed by atoms with van der Waals surface area (Å²) in [6, 6.07) is 16.6. The Hall–Kier alpha value is -2.62. The van der Waals surface area contributed by atoms with Crippen LogP contribution in [0.3, 0.4) is 0 Å². The maximum Gasteiger partial charge on any atom is 0.227 e. The van der Waals surface area contributed by atoms with Crippen molar-refractivity contribution < 1.29 is 9.59 Å². The monoisotopic (exact) mass is 392 g/mol. The molecule has 4 heteroatoms. The zero-order valence-electron chi connectivity index (χ0n) is 18.0. The molecule has 0 spiro atoms. The Balaban J connectivity index is 1.88. The topological polar surface area (TPSA) is 63.4 Å². The molecule has 2 aromatic rings. The summed E-state index contributed by atoms with van der Waals surface area (Å²) in [5.41, 5.74) is 9.58. The summed E-state index contributed by atoms with van der Waals surface area (Å²) >= 11 is 0. The zero-order chi connectivity index (χ0) is 21.2. The fourth-order valence-electron chi connectivity index (χ4n) is 4.30. The Kier molecular flexibility index (Phi) is 5.83. The van der Waals surface area contributed by atoms with Crippen LogP contribution in [-0.4, -0.2) is 29.8 Å². The molecule has 4 nitrogen and oxygen atoms in total. The average Bonchev–Trinajstić information content (AvgIpc) is 2.68. The molecule has 3 rings (SSSR count). The second-order valence-electron chi connectivity index (χ2n) is 9.34.